The third kappa shape index (κ3) is 3.39. The Balaban J connectivity index is 1.49. The van der Waals surface area contributed by atoms with E-state index in [2.05, 4.69) is 20.8 Å². The van der Waals surface area contributed by atoms with E-state index in [4.69, 9.17) is 0 Å². The highest BCUT2D eigenvalue weighted by molar-refractivity contribution is 8.19. The van der Waals surface area contributed by atoms with Gasteiger partial charge in [0.2, 0.25) is 5.17 Å². The normalized spacial score (nSPS) is 20.9. The summed E-state index contributed by atoms with van der Waals surface area (Å²) in [6.45, 7) is 0. The summed E-state index contributed by atoms with van der Waals surface area (Å²) in [5.41, 5.74) is 3.28. The molecule has 0 aliphatic carbocycles. The van der Waals surface area contributed by atoms with Gasteiger partial charge in [-0.1, -0.05) is 36.4 Å². The van der Waals surface area contributed by atoms with Gasteiger partial charge in [0.15, 0.2) is 5.71 Å². The number of anilines is 3. The zero-order valence-corrected chi connectivity index (χ0v) is 18.7. The number of aromatic hydroxyl groups is 1. The molecule has 3 aromatic carbocycles. The molecule has 1 fully saturated rings. The lowest BCUT2D eigenvalue weighted by atomic mass is 10.1. The highest BCUT2D eigenvalue weighted by atomic mass is 32.2. The quantitative estimate of drug-likeness (QED) is 0.382. The number of amidine groups is 1. The van der Waals surface area contributed by atoms with Crippen LogP contribution in [0.4, 0.5) is 17.1 Å². The fourth-order valence-electron chi connectivity index (χ4n) is 4.06. The standard InChI is InChI=1S/C25H15N5O4S/c31-14-11-9-13(10-12-14)30-24(34)21(19-15-5-1-3-7-17(15)26-22(19)32)35-25(30)29-28-20-16-6-2-4-8-18(16)27-23(20)33/h1-12,31H,(H,26,32)(H,27,28,33)/b21-19+,29-25-. The molecule has 6 rings (SSSR count). The minimum atomic E-state index is -0.460. The summed E-state index contributed by atoms with van der Waals surface area (Å²) in [6.07, 6.45) is 0. The average Bonchev–Trinajstić information content (AvgIpc) is 3.47. The van der Waals surface area contributed by atoms with E-state index >= 15 is 0 Å². The van der Waals surface area contributed by atoms with Gasteiger partial charge in [0.05, 0.1) is 21.9 Å². The molecule has 0 unspecified atom stereocenters. The first-order chi connectivity index (χ1) is 17.0. The highest BCUT2D eigenvalue weighted by Crippen LogP contribution is 2.43. The molecule has 3 aromatic rings. The molecule has 3 heterocycles. The molecule has 0 aromatic heterocycles. The van der Waals surface area contributed by atoms with Crippen molar-refractivity contribution in [1.82, 2.24) is 0 Å². The van der Waals surface area contributed by atoms with Crippen molar-refractivity contribution in [3.8, 4) is 5.75 Å². The minimum Gasteiger partial charge on any atom is -0.508 e. The predicted molar refractivity (Wildman–Crippen MR) is 134 cm³/mol. The van der Waals surface area contributed by atoms with Gasteiger partial charge in [-0.25, -0.2) is 0 Å². The molecule has 3 amide bonds. The summed E-state index contributed by atoms with van der Waals surface area (Å²) in [6, 6.07) is 20.2. The van der Waals surface area contributed by atoms with Crippen LogP contribution in [0.2, 0.25) is 0 Å². The fourth-order valence-corrected chi connectivity index (χ4v) is 5.09. The molecule has 0 atom stereocenters. The molecule has 1 saturated heterocycles. The number of amides is 3. The number of benzene rings is 3. The summed E-state index contributed by atoms with van der Waals surface area (Å²) < 4.78 is 0. The number of hydrogen-bond acceptors (Lipinski definition) is 7. The first-order valence-electron chi connectivity index (χ1n) is 10.5. The second-order valence-electron chi connectivity index (χ2n) is 7.79. The second-order valence-corrected chi connectivity index (χ2v) is 8.77. The lowest BCUT2D eigenvalue weighted by Crippen LogP contribution is -2.29. The molecule has 10 heteroatoms. The molecule has 9 nitrogen and oxygen atoms in total. The van der Waals surface area contributed by atoms with Gasteiger partial charge in [0.25, 0.3) is 17.7 Å². The SMILES string of the molecule is O=C1Nc2ccccc2/C1=N\N=C1/S/C(=C2/C(=O)Nc3ccccc32)C(=O)N1c1ccc(O)cc1. The van der Waals surface area contributed by atoms with Gasteiger partial charge in [-0.05, 0) is 48.2 Å². The van der Waals surface area contributed by atoms with Crippen LogP contribution in [0.25, 0.3) is 5.57 Å². The third-order valence-electron chi connectivity index (χ3n) is 5.67. The van der Waals surface area contributed by atoms with Crippen LogP contribution in [0.5, 0.6) is 5.75 Å². The van der Waals surface area contributed by atoms with E-state index in [0.29, 0.717) is 28.2 Å². The Kier molecular flexibility index (Phi) is 4.75. The summed E-state index contributed by atoms with van der Waals surface area (Å²) in [5, 5.41) is 23.8. The Morgan fingerprint density at radius 3 is 2.11 bits per heavy atom. The number of thioether (sulfide) groups is 1. The largest absolute Gasteiger partial charge is 0.508 e. The average molecular weight is 481 g/mol. The molecule has 0 spiro atoms. The van der Waals surface area contributed by atoms with Gasteiger partial charge in [0.1, 0.15) is 5.75 Å². The maximum absolute atomic E-state index is 13.6. The first kappa shape index (κ1) is 20.9. The summed E-state index contributed by atoms with van der Waals surface area (Å²) >= 11 is 1.00. The number of nitrogens with one attached hydrogen (secondary N) is 2. The van der Waals surface area contributed by atoms with Crippen LogP contribution in [0, 0.1) is 0 Å². The van der Waals surface area contributed by atoms with E-state index < -0.39 is 11.8 Å². The van der Waals surface area contributed by atoms with Crippen molar-refractivity contribution < 1.29 is 19.5 Å². The van der Waals surface area contributed by atoms with Crippen molar-refractivity contribution in [2.75, 3.05) is 15.5 Å². The van der Waals surface area contributed by atoms with Crippen LogP contribution in [0.1, 0.15) is 11.1 Å². The molecule has 3 aliphatic rings. The number of hydrogen-bond donors (Lipinski definition) is 3. The molecule has 0 radical (unpaired) electrons. The number of carbonyl (C=O) groups is 3. The Labute approximate surface area is 202 Å². The number of fused-ring (bicyclic) bond motifs is 2. The lowest BCUT2D eigenvalue weighted by Gasteiger charge is -2.14. The van der Waals surface area contributed by atoms with Crippen molar-refractivity contribution in [3.05, 3.63) is 88.8 Å². The van der Waals surface area contributed by atoms with E-state index in [-0.39, 0.29) is 33.0 Å². The van der Waals surface area contributed by atoms with Crippen molar-refractivity contribution in [2.24, 2.45) is 10.2 Å². The maximum Gasteiger partial charge on any atom is 0.276 e. The van der Waals surface area contributed by atoms with Crippen molar-refractivity contribution in [3.63, 3.8) is 0 Å². The van der Waals surface area contributed by atoms with Gasteiger partial charge in [-0.2, -0.15) is 0 Å². The third-order valence-corrected chi connectivity index (χ3v) is 6.70. The number of para-hydroxylation sites is 2. The highest BCUT2D eigenvalue weighted by Gasteiger charge is 2.41. The topological polar surface area (TPSA) is 123 Å². The Morgan fingerprint density at radius 2 is 1.37 bits per heavy atom. The van der Waals surface area contributed by atoms with Crippen LogP contribution >= 0.6 is 11.8 Å². The zero-order chi connectivity index (χ0) is 24.1. The molecule has 0 bridgehead atoms. The number of phenols is 1. The Bertz CT molecular complexity index is 1540. The molecule has 35 heavy (non-hydrogen) atoms. The maximum atomic E-state index is 13.6. The number of carbonyl (C=O) groups excluding carboxylic acids is 3. The predicted octanol–water partition coefficient (Wildman–Crippen LogP) is 3.55. The second kappa shape index (κ2) is 7.96. The molecular formula is C25H15N5O4S. The van der Waals surface area contributed by atoms with Crippen molar-refractivity contribution in [1.29, 1.82) is 0 Å². The summed E-state index contributed by atoms with van der Waals surface area (Å²) in [5.74, 6) is -1.21. The fraction of sp³-hybridized carbons (Fsp3) is 0. The van der Waals surface area contributed by atoms with E-state index in [9.17, 15) is 19.5 Å². The monoisotopic (exact) mass is 481 g/mol. The smallest absolute Gasteiger partial charge is 0.276 e. The van der Waals surface area contributed by atoms with Crippen LogP contribution in [-0.4, -0.2) is 33.7 Å². The first-order valence-corrected chi connectivity index (χ1v) is 11.4. The van der Waals surface area contributed by atoms with Crippen LogP contribution in [-0.2, 0) is 14.4 Å². The van der Waals surface area contributed by atoms with Crippen molar-refractivity contribution >= 4 is 63.0 Å². The van der Waals surface area contributed by atoms with Crippen molar-refractivity contribution in [2.45, 2.75) is 0 Å². The van der Waals surface area contributed by atoms with Crippen LogP contribution in [0.15, 0.2) is 87.9 Å². The molecular weight excluding hydrogens is 466 g/mol. The van der Waals surface area contributed by atoms with Crippen LogP contribution in [0.3, 0.4) is 0 Å². The van der Waals surface area contributed by atoms with E-state index in [1.165, 1.54) is 17.0 Å². The van der Waals surface area contributed by atoms with Gasteiger partial charge in [-0.3, -0.25) is 19.3 Å². The molecule has 3 N–H and O–H groups in total. The van der Waals surface area contributed by atoms with Gasteiger partial charge >= 0.3 is 0 Å². The molecule has 170 valence electrons. The summed E-state index contributed by atoms with van der Waals surface area (Å²) in [7, 11) is 0. The van der Waals surface area contributed by atoms with Crippen LogP contribution < -0.4 is 15.5 Å². The Morgan fingerprint density at radius 1 is 0.743 bits per heavy atom. The lowest BCUT2D eigenvalue weighted by molar-refractivity contribution is -0.114. The van der Waals surface area contributed by atoms with E-state index in [1.807, 2.05) is 0 Å². The van der Waals surface area contributed by atoms with Gasteiger partial charge in [0, 0.05) is 16.8 Å². The Hall–Kier alpha value is -4.70. The van der Waals surface area contributed by atoms with Gasteiger partial charge in [-0.15, -0.1) is 10.2 Å². The zero-order valence-electron chi connectivity index (χ0n) is 17.9. The van der Waals surface area contributed by atoms with E-state index in [0.717, 1.165) is 11.8 Å². The summed E-state index contributed by atoms with van der Waals surface area (Å²) in [4.78, 5) is 40.4. The van der Waals surface area contributed by atoms with Gasteiger partial charge < -0.3 is 15.7 Å². The molecule has 0 saturated carbocycles. The number of rotatable bonds is 2. The minimum absolute atomic E-state index is 0.0358. The number of phenolic OH excluding ortho intramolecular Hbond substituents is 1. The van der Waals surface area contributed by atoms with E-state index in [1.54, 1.807) is 60.7 Å². The molecule has 3 aliphatic heterocycles. The number of nitrogens with zero attached hydrogens (tertiary/aromatic N) is 3.